The van der Waals surface area contributed by atoms with E-state index in [0.29, 0.717) is 36.9 Å². The van der Waals surface area contributed by atoms with Gasteiger partial charge in [0.25, 0.3) is 0 Å². The number of Topliss-reactive ketones (excluding diaryl/α,β-unsaturated/α-hetero) is 1. The minimum atomic E-state index is -2.43. The van der Waals surface area contributed by atoms with Crippen LogP contribution in [0.3, 0.4) is 0 Å². The molecular formula is C12H18F2O. The van der Waals surface area contributed by atoms with E-state index in [2.05, 4.69) is 0 Å². The minimum Gasteiger partial charge on any atom is -0.299 e. The molecule has 1 nitrogen and oxygen atoms in total. The van der Waals surface area contributed by atoms with Gasteiger partial charge in [-0.15, -0.1) is 0 Å². The lowest BCUT2D eigenvalue weighted by Gasteiger charge is -2.27. The highest BCUT2D eigenvalue weighted by Crippen LogP contribution is 2.39. The zero-order chi connectivity index (χ0) is 10.9. The molecule has 0 aromatic heterocycles. The normalized spacial score (nSPS) is 26.5. The van der Waals surface area contributed by atoms with Crippen LogP contribution in [0.4, 0.5) is 8.78 Å². The molecule has 0 N–H and O–H groups in total. The zero-order valence-electron chi connectivity index (χ0n) is 8.98. The van der Waals surface area contributed by atoms with Crippen molar-refractivity contribution in [1.82, 2.24) is 0 Å². The van der Waals surface area contributed by atoms with Crippen molar-refractivity contribution in [1.29, 1.82) is 0 Å². The van der Waals surface area contributed by atoms with Crippen LogP contribution in [0.15, 0.2) is 0 Å². The number of alkyl halides is 2. The molecule has 2 saturated carbocycles. The van der Waals surface area contributed by atoms with Crippen LogP contribution < -0.4 is 0 Å². The third kappa shape index (κ3) is 3.25. The van der Waals surface area contributed by atoms with Crippen LogP contribution in [0, 0.1) is 11.8 Å². The van der Waals surface area contributed by atoms with Crippen molar-refractivity contribution in [3.05, 3.63) is 0 Å². The standard InChI is InChI=1S/C12H18F2O/c13-12(14)7-5-9(6-8-12)1-4-11(15)10-2-3-10/h9-10H,1-8H2. The first-order valence-electron chi connectivity index (χ1n) is 5.97. The molecule has 2 aliphatic rings. The third-order valence-electron chi connectivity index (χ3n) is 3.67. The maximum Gasteiger partial charge on any atom is 0.248 e. The molecule has 2 rings (SSSR count). The number of hydrogen-bond acceptors (Lipinski definition) is 1. The SMILES string of the molecule is O=C(CCC1CCC(F)(F)CC1)C1CC1. The summed E-state index contributed by atoms with van der Waals surface area (Å²) in [6.45, 7) is 0. The largest absolute Gasteiger partial charge is 0.299 e. The fourth-order valence-electron chi connectivity index (χ4n) is 2.34. The molecular weight excluding hydrogens is 198 g/mol. The second-order valence-corrected chi connectivity index (χ2v) is 5.08. The summed E-state index contributed by atoms with van der Waals surface area (Å²) in [4.78, 5) is 11.4. The first-order valence-corrected chi connectivity index (χ1v) is 5.97. The summed E-state index contributed by atoms with van der Waals surface area (Å²) in [6.07, 6.45) is 4.83. The summed E-state index contributed by atoms with van der Waals surface area (Å²) in [5, 5.41) is 0. The molecule has 0 aliphatic heterocycles. The van der Waals surface area contributed by atoms with Crippen molar-refractivity contribution < 1.29 is 13.6 Å². The van der Waals surface area contributed by atoms with Gasteiger partial charge in [-0.25, -0.2) is 8.78 Å². The van der Waals surface area contributed by atoms with Crippen molar-refractivity contribution in [3.8, 4) is 0 Å². The van der Waals surface area contributed by atoms with Crippen LogP contribution in [-0.2, 0) is 4.79 Å². The van der Waals surface area contributed by atoms with Crippen LogP contribution in [0.5, 0.6) is 0 Å². The van der Waals surface area contributed by atoms with E-state index in [1.54, 1.807) is 0 Å². The lowest BCUT2D eigenvalue weighted by atomic mass is 9.83. The first-order chi connectivity index (χ1) is 7.07. The maximum atomic E-state index is 12.8. The quantitative estimate of drug-likeness (QED) is 0.702. The fourth-order valence-corrected chi connectivity index (χ4v) is 2.34. The first kappa shape index (κ1) is 11.0. The smallest absolute Gasteiger partial charge is 0.248 e. The molecule has 0 unspecified atom stereocenters. The Hall–Kier alpha value is -0.470. The Kier molecular flexibility index (Phi) is 3.08. The highest BCUT2D eigenvalue weighted by molar-refractivity contribution is 5.83. The molecule has 2 aliphatic carbocycles. The van der Waals surface area contributed by atoms with Gasteiger partial charge in [0.15, 0.2) is 0 Å². The van der Waals surface area contributed by atoms with E-state index < -0.39 is 5.92 Å². The van der Waals surface area contributed by atoms with E-state index in [1.165, 1.54) is 0 Å². The van der Waals surface area contributed by atoms with Gasteiger partial charge in [0, 0.05) is 25.2 Å². The van der Waals surface area contributed by atoms with Crippen molar-refractivity contribution in [3.63, 3.8) is 0 Å². The van der Waals surface area contributed by atoms with E-state index in [9.17, 15) is 13.6 Å². The van der Waals surface area contributed by atoms with Gasteiger partial charge in [-0.2, -0.15) is 0 Å². The lowest BCUT2D eigenvalue weighted by molar-refractivity contribution is -0.120. The van der Waals surface area contributed by atoms with E-state index >= 15 is 0 Å². The summed E-state index contributed by atoms with van der Waals surface area (Å²) in [7, 11) is 0. The average molecular weight is 216 g/mol. The lowest BCUT2D eigenvalue weighted by Crippen LogP contribution is -2.24. The van der Waals surface area contributed by atoms with Gasteiger partial charge in [0.2, 0.25) is 5.92 Å². The number of halogens is 2. The minimum absolute atomic E-state index is 0.0231. The van der Waals surface area contributed by atoms with E-state index in [0.717, 1.165) is 19.3 Å². The van der Waals surface area contributed by atoms with Crippen molar-refractivity contribution in [2.24, 2.45) is 11.8 Å². The molecule has 0 aromatic carbocycles. The zero-order valence-corrected chi connectivity index (χ0v) is 8.98. The molecule has 0 saturated heterocycles. The monoisotopic (exact) mass is 216 g/mol. The summed E-state index contributed by atoms with van der Waals surface area (Å²) in [6, 6.07) is 0. The summed E-state index contributed by atoms with van der Waals surface area (Å²) >= 11 is 0. The summed E-state index contributed by atoms with van der Waals surface area (Å²) in [5.41, 5.74) is 0. The molecule has 0 radical (unpaired) electrons. The Balaban J connectivity index is 1.66. The highest BCUT2D eigenvalue weighted by atomic mass is 19.3. The van der Waals surface area contributed by atoms with Crippen molar-refractivity contribution >= 4 is 5.78 Å². The molecule has 86 valence electrons. The van der Waals surface area contributed by atoms with Crippen LogP contribution in [0.2, 0.25) is 0 Å². The molecule has 0 bridgehead atoms. The Bertz CT molecular complexity index is 236. The van der Waals surface area contributed by atoms with Crippen molar-refractivity contribution in [2.75, 3.05) is 0 Å². The molecule has 3 heteroatoms. The van der Waals surface area contributed by atoms with Crippen LogP contribution in [0.25, 0.3) is 0 Å². The topological polar surface area (TPSA) is 17.1 Å². The van der Waals surface area contributed by atoms with E-state index in [-0.39, 0.29) is 12.8 Å². The van der Waals surface area contributed by atoms with Gasteiger partial charge in [0.1, 0.15) is 5.78 Å². The highest BCUT2D eigenvalue weighted by Gasteiger charge is 2.35. The van der Waals surface area contributed by atoms with Crippen molar-refractivity contribution in [2.45, 2.75) is 57.3 Å². The molecule has 0 aromatic rings. The third-order valence-corrected chi connectivity index (χ3v) is 3.67. The number of hydrogen-bond donors (Lipinski definition) is 0. The molecule has 15 heavy (non-hydrogen) atoms. The van der Waals surface area contributed by atoms with E-state index in [1.807, 2.05) is 0 Å². The van der Waals surface area contributed by atoms with E-state index in [4.69, 9.17) is 0 Å². The number of carbonyl (C=O) groups excluding carboxylic acids is 1. The summed E-state index contributed by atoms with van der Waals surface area (Å²) < 4.78 is 25.7. The number of carbonyl (C=O) groups is 1. The van der Waals surface area contributed by atoms with Gasteiger partial charge in [-0.1, -0.05) is 0 Å². The average Bonchev–Trinajstić information content (AvgIpc) is 2.99. The Labute approximate surface area is 89.2 Å². The Morgan fingerprint density at radius 3 is 2.27 bits per heavy atom. The maximum absolute atomic E-state index is 12.8. The van der Waals surface area contributed by atoms with Gasteiger partial charge >= 0.3 is 0 Å². The van der Waals surface area contributed by atoms with Gasteiger partial charge in [-0.3, -0.25) is 4.79 Å². The molecule has 0 amide bonds. The number of ketones is 1. The fraction of sp³-hybridized carbons (Fsp3) is 0.917. The predicted molar refractivity (Wildman–Crippen MR) is 53.9 cm³/mol. The van der Waals surface area contributed by atoms with Gasteiger partial charge in [0.05, 0.1) is 0 Å². The second kappa shape index (κ2) is 4.18. The molecule has 0 spiro atoms. The Morgan fingerprint density at radius 2 is 1.73 bits per heavy atom. The molecule has 2 fully saturated rings. The summed E-state index contributed by atoms with van der Waals surface area (Å²) in [5.74, 6) is -1.37. The van der Waals surface area contributed by atoms with Gasteiger partial charge in [-0.05, 0) is 38.0 Å². The van der Waals surface area contributed by atoms with Gasteiger partial charge < -0.3 is 0 Å². The van der Waals surface area contributed by atoms with Crippen LogP contribution >= 0.6 is 0 Å². The number of rotatable bonds is 4. The Morgan fingerprint density at radius 1 is 1.13 bits per heavy atom. The predicted octanol–water partition coefficient (Wildman–Crippen LogP) is 3.57. The van der Waals surface area contributed by atoms with Crippen LogP contribution in [-0.4, -0.2) is 11.7 Å². The molecule has 0 atom stereocenters. The molecule has 0 heterocycles. The van der Waals surface area contributed by atoms with Crippen LogP contribution in [0.1, 0.15) is 51.4 Å². The second-order valence-electron chi connectivity index (χ2n) is 5.08.